The van der Waals surface area contributed by atoms with Gasteiger partial charge in [-0.2, -0.15) is 0 Å². The maximum absolute atomic E-state index is 10.8. The quantitative estimate of drug-likeness (QED) is 0.425. The molecule has 110 valence electrons. The molecule has 0 unspecified atom stereocenters. The van der Waals surface area contributed by atoms with Gasteiger partial charge < -0.3 is 26.0 Å². The molecule has 1 saturated carbocycles. The number of nitrogens with one attached hydrogen (secondary N) is 1. The number of amides is 1. The van der Waals surface area contributed by atoms with Crippen LogP contribution in [-0.2, 0) is 14.3 Å². The zero-order chi connectivity index (χ0) is 14.3. The molecular weight excluding hydrogens is 252 g/mol. The molecule has 0 aromatic carbocycles. The number of carboxylic acid groups (broad SMARTS) is 1. The van der Waals surface area contributed by atoms with Crippen LogP contribution in [0.1, 0.15) is 25.7 Å². The van der Waals surface area contributed by atoms with Crippen LogP contribution in [0.4, 0.5) is 0 Å². The van der Waals surface area contributed by atoms with Crippen LogP contribution in [0.5, 0.6) is 0 Å². The Kier molecular flexibility index (Phi) is 6.20. The molecule has 0 heterocycles. The highest BCUT2D eigenvalue weighted by Crippen LogP contribution is 2.31. The minimum Gasteiger partial charge on any atom is -0.481 e. The summed E-state index contributed by atoms with van der Waals surface area (Å²) in [6.07, 6.45) is 1.98. The smallest absolute Gasteiger partial charge is 0.306 e. The standard InChI is InChI=1S/C12H22N2O5/c13-10(15)7-19-6-5-14-8-12(18)3-1-9(2-4-12)11(16)17/h9,14,18H,1-8H2,(H2,13,15)(H,16,17). The van der Waals surface area contributed by atoms with E-state index in [1.807, 2.05) is 0 Å². The number of hydrogen-bond acceptors (Lipinski definition) is 5. The minimum atomic E-state index is -0.838. The van der Waals surface area contributed by atoms with E-state index in [0.717, 1.165) is 0 Å². The van der Waals surface area contributed by atoms with Gasteiger partial charge >= 0.3 is 5.97 Å². The summed E-state index contributed by atoms with van der Waals surface area (Å²) in [6.45, 7) is 1.15. The van der Waals surface area contributed by atoms with Crippen molar-refractivity contribution in [1.29, 1.82) is 0 Å². The third kappa shape index (κ3) is 6.00. The van der Waals surface area contributed by atoms with E-state index in [2.05, 4.69) is 5.32 Å². The number of carbonyl (C=O) groups is 2. The summed E-state index contributed by atoms with van der Waals surface area (Å²) < 4.78 is 4.97. The van der Waals surface area contributed by atoms with E-state index in [1.165, 1.54) is 0 Å². The molecule has 7 heteroatoms. The van der Waals surface area contributed by atoms with E-state index in [0.29, 0.717) is 45.4 Å². The van der Waals surface area contributed by atoms with Crippen molar-refractivity contribution < 1.29 is 24.5 Å². The number of hydrogen-bond donors (Lipinski definition) is 4. The van der Waals surface area contributed by atoms with E-state index < -0.39 is 17.5 Å². The van der Waals surface area contributed by atoms with Gasteiger partial charge in [0.1, 0.15) is 6.61 Å². The first kappa shape index (κ1) is 15.9. The minimum absolute atomic E-state index is 0.105. The van der Waals surface area contributed by atoms with Crippen LogP contribution >= 0.6 is 0 Å². The van der Waals surface area contributed by atoms with Crippen LogP contribution in [0.25, 0.3) is 0 Å². The van der Waals surface area contributed by atoms with E-state index in [4.69, 9.17) is 15.6 Å². The topological polar surface area (TPSA) is 122 Å². The Morgan fingerprint density at radius 1 is 1.37 bits per heavy atom. The summed E-state index contributed by atoms with van der Waals surface area (Å²) in [4.78, 5) is 21.2. The highest BCUT2D eigenvalue weighted by molar-refractivity contribution is 5.74. The van der Waals surface area contributed by atoms with E-state index in [-0.39, 0.29) is 12.5 Å². The van der Waals surface area contributed by atoms with Crippen molar-refractivity contribution in [3.05, 3.63) is 0 Å². The van der Waals surface area contributed by atoms with Crippen LogP contribution in [0.3, 0.4) is 0 Å². The number of ether oxygens (including phenoxy) is 1. The molecule has 0 aromatic rings. The Bertz CT molecular complexity index is 313. The van der Waals surface area contributed by atoms with Crippen LogP contribution in [0.2, 0.25) is 0 Å². The first-order valence-corrected chi connectivity index (χ1v) is 6.45. The molecule has 0 spiro atoms. The zero-order valence-corrected chi connectivity index (χ0v) is 10.9. The van der Waals surface area contributed by atoms with Crippen molar-refractivity contribution in [2.75, 3.05) is 26.3 Å². The molecule has 1 amide bonds. The molecular formula is C12H22N2O5. The first-order valence-electron chi connectivity index (χ1n) is 6.45. The van der Waals surface area contributed by atoms with Crippen molar-refractivity contribution in [3.63, 3.8) is 0 Å². The van der Waals surface area contributed by atoms with Gasteiger partial charge in [-0.05, 0) is 25.7 Å². The normalized spacial score (nSPS) is 27.1. The molecule has 7 nitrogen and oxygen atoms in total. The van der Waals surface area contributed by atoms with Gasteiger partial charge in [0.25, 0.3) is 0 Å². The number of nitrogens with two attached hydrogens (primary N) is 1. The van der Waals surface area contributed by atoms with Gasteiger partial charge in [-0.3, -0.25) is 9.59 Å². The lowest BCUT2D eigenvalue weighted by Gasteiger charge is -2.34. The van der Waals surface area contributed by atoms with Crippen LogP contribution in [0.15, 0.2) is 0 Å². The second-order valence-corrected chi connectivity index (χ2v) is 5.03. The fourth-order valence-electron chi connectivity index (χ4n) is 2.22. The monoisotopic (exact) mass is 274 g/mol. The fourth-order valence-corrected chi connectivity index (χ4v) is 2.22. The zero-order valence-electron chi connectivity index (χ0n) is 10.9. The summed E-state index contributed by atoms with van der Waals surface area (Å²) in [5, 5.41) is 22.2. The predicted octanol–water partition coefficient (Wildman–Crippen LogP) is -0.916. The molecule has 19 heavy (non-hydrogen) atoms. The third-order valence-corrected chi connectivity index (χ3v) is 3.39. The molecule has 0 bridgehead atoms. The molecule has 1 aliphatic rings. The lowest BCUT2D eigenvalue weighted by Crippen LogP contribution is -2.45. The highest BCUT2D eigenvalue weighted by atomic mass is 16.5. The number of carboxylic acids is 1. The van der Waals surface area contributed by atoms with Crippen molar-refractivity contribution >= 4 is 11.9 Å². The van der Waals surface area contributed by atoms with Crippen LogP contribution in [-0.4, -0.2) is 54.0 Å². The second-order valence-electron chi connectivity index (χ2n) is 5.03. The van der Waals surface area contributed by atoms with Crippen molar-refractivity contribution in [1.82, 2.24) is 5.32 Å². The Hall–Kier alpha value is -1.18. The number of primary amides is 1. The van der Waals surface area contributed by atoms with Gasteiger partial charge in [0.2, 0.25) is 5.91 Å². The summed E-state index contributed by atoms with van der Waals surface area (Å²) in [5.74, 6) is -1.63. The molecule has 1 fully saturated rings. The van der Waals surface area contributed by atoms with E-state index >= 15 is 0 Å². The summed E-state index contributed by atoms with van der Waals surface area (Å²) in [5.41, 5.74) is 4.07. The van der Waals surface area contributed by atoms with Crippen molar-refractivity contribution in [3.8, 4) is 0 Å². The Labute approximate surface area is 112 Å². The summed E-state index contributed by atoms with van der Waals surface area (Å²) in [6, 6.07) is 0. The lowest BCUT2D eigenvalue weighted by molar-refractivity contribution is -0.144. The highest BCUT2D eigenvalue weighted by Gasteiger charge is 2.35. The van der Waals surface area contributed by atoms with Crippen molar-refractivity contribution in [2.45, 2.75) is 31.3 Å². The van der Waals surface area contributed by atoms with Gasteiger partial charge in [0.15, 0.2) is 0 Å². The molecule has 0 aromatic heterocycles. The van der Waals surface area contributed by atoms with Gasteiger partial charge in [0.05, 0.1) is 18.1 Å². The molecule has 1 aliphatic carbocycles. The Morgan fingerprint density at radius 2 is 2.00 bits per heavy atom. The van der Waals surface area contributed by atoms with Gasteiger partial charge in [-0.1, -0.05) is 0 Å². The van der Waals surface area contributed by atoms with Crippen molar-refractivity contribution in [2.24, 2.45) is 11.7 Å². The average molecular weight is 274 g/mol. The molecule has 0 atom stereocenters. The van der Waals surface area contributed by atoms with E-state index in [9.17, 15) is 14.7 Å². The SMILES string of the molecule is NC(=O)COCCNCC1(O)CCC(C(=O)O)CC1. The molecule has 1 rings (SSSR count). The van der Waals surface area contributed by atoms with Gasteiger partial charge in [0, 0.05) is 13.1 Å². The van der Waals surface area contributed by atoms with Crippen LogP contribution < -0.4 is 11.1 Å². The Morgan fingerprint density at radius 3 is 2.53 bits per heavy atom. The average Bonchev–Trinajstić information content (AvgIpc) is 2.34. The van der Waals surface area contributed by atoms with Crippen LogP contribution in [0, 0.1) is 5.92 Å². The number of rotatable bonds is 8. The first-order chi connectivity index (χ1) is 8.93. The molecule has 0 saturated heterocycles. The number of carbonyl (C=O) groups excluding carboxylic acids is 1. The van der Waals surface area contributed by atoms with E-state index in [1.54, 1.807) is 0 Å². The lowest BCUT2D eigenvalue weighted by atomic mass is 9.79. The third-order valence-electron chi connectivity index (χ3n) is 3.39. The largest absolute Gasteiger partial charge is 0.481 e. The molecule has 0 radical (unpaired) electrons. The second kappa shape index (κ2) is 7.42. The fraction of sp³-hybridized carbons (Fsp3) is 0.833. The predicted molar refractivity (Wildman–Crippen MR) is 67.4 cm³/mol. The summed E-state index contributed by atoms with van der Waals surface area (Å²) >= 11 is 0. The van der Waals surface area contributed by atoms with Gasteiger partial charge in [-0.15, -0.1) is 0 Å². The molecule has 0 aliphatic heterocycles. The summed E-state index contributed by atoms with van der Waals surface area (Å²) in [7, 11) is 0. The number of aliphatic carboxylic acids is 1. The van der Waals surface area contributed by atoms with Gasteiger partial charge in [-0.25, -0.2) is 0 Å². The maximum atomic E-state index is 10.8. The number of aliphatic hydroxyl groups is 1. The maximum Gasteiger partial charge on any atom is 0.306 e. The molecule has 5 N–H and O–H groups in total. The Balaban J connectivity index is 2.12.